The van der Waals surface area contributed by atoms with Crippen molar-refractivity contribution in [3.63, 3.8) is 0 Å². The molecule has 2 N–H and O–H groups in total. The Hall–Kier alpha value is -2.15. The molecule has 0 aliphatic carbocycles. The van der Waals surface area contributed by atoms with Crippen molar-refractivity contribution in [1.29, 1.82) is 0 Å². The van der Waals surface area contributed by atoms with Gasteiger partial charge in [-0.05, 0) is 19.1 Å². The highest BCUT2D eigenvalue weighted by atomic mass is 19.1. The first-order chi connectivity index (χ1) is 9.49. The summed E-state index contributed by atoms with van der Waals surface area (Å²) in [7, 11) is 0. The van der Waals surface area contributed by atoms with Gasteiger partial charge in [0.2, 0.25) is 0 Å². The zero-order valence-electron chi connectivity index (χ0n) is 10.9. The number of ether oxygens (including phenoxy) is 1. The van der Waals surface area contributed by atoms with Gasteiger partial charge in [-0.1, -0.05) is 6.07 Å². The van der Waals surface area contributed by atoms with Crippen molar-refractivity contribution in [1.82, 2.24) is 4.90 Å². The number of morpholine rings is 1. The van der Waals surface area contributed by atoms with Crippen LogP contribution in [0.25, 0.3) is 0 Å². The Labute approximate surface area is 115 Å². The molecule has 108 valence electrons. The van der Waals surface area contributed by atoms with Crippen molar-refractivity contribution >= 4 is 17.7 Å². The number of anilines is 1. The number of halogens is 1. The van der Waals surface area contributed by atoms with Gasteiger partial charge in [-0.15, -0.1) is 0 Å². The number of hydrogen-bond acceptors (Lipinski definition) is 3. The van der Waals surface area contributed by atoms with Crippen molar-refractivity contribution in [2.45, 2.75) is 13.0 Å². The molecule has 1 aliphatic heterocycles. The Morgan fingerprint density at radius 1 is 1.50 bits per heavy atom. The quantitative estimate of drug-likeness (QED) is 0.866. The Balaban J connectivity index is 2.15. The summed E-state index contributed by atoms with van der Waals surface area (Å²) in [5.41, 5.74) is -0.594. The van der Waals surface area contributed by atoms with Crippen LogP contribution in [0, 0.1) is 5.82 Å². The molecule has 2 amide bonds. The summed E-state index contributed by atoms with van der Waals surface area (Å²) in [6, 6.07) is 3.28. The molecule has 1 unspecified atom stereocenters. The first-order valence-corrected chi connectivity index (χ1v) is 6.18. The van der Waals surface area contributed by atoms with Gasteiger partial charge in [-0.2, -0.15) is 0 Å². The molecule has 0 saturated carbocycles. The summed E-state index contributed by atoms with van der Waals surface area (Å²) in [5, 5.41) is 11.4. The number of nitrogens with one attached hydrogen (secondary N) is 1. The van der Waals surface area contributed by atoms with E-state index in [-0.39, 0.29) is 11.8 Å². The second-order valence-corrected chi connectivity index (χ2v) is 4.53. The van der Waals surface area contributed by atoms with Gasteiger partial charge in [0.05, 0.1) is 18.4 Å². The average molecular weight is 282 g/mol. The maximum absolute atomic E-state index is 13.5. The fourth-order valence-electron chi connectivity index (χ4n) is 2.04. The van der Waals surface area contributed by atoms with Gasteiger partial charge >= 0.3 is 12.0 Å². The Morgan fingerprint density at radius 3 is 2.90 bits per heavy atom. The van der Waals surface area contributed by atoms with Crippen LogP contribution in [-0.4, -0.2) is 47.8 Å². The Morgan fingerprint density at radius 2 is 2.25 bits per heavy atom. The predicted molar refractivity (Wildman–Crippen MR) is 69.4 cm³/mol. The summed E-state index contributed by atoms with van der Waals surface area (Å²) in [4.78, 5) is 24.6. The van der Waals surface area contributed by atoms with Gasteiger partial charge in [0.15, 0.2) is 0 Å². The molecular weight excluding hydrogens is 267 g/mol. The minimum Gasteiger partial charge on any atom is -0.478 e. The summed E-state index contributed by atoms with van der Waals surface area (Å²) in [6.45, 7) is 3.07. The van der Waals surface area contributed by atoms with E-state index in [2.05, 4.69) is 5.32 Å². The smallest absolute Gasteiger partial charge is 0.340 e. The minimum atomic E-state index is -1.42. The van der Waals surface area contributed by atoms with Crippen molar-refractivity contribution in [2.24, 2.45) is 0 Å². The van der Waals surface area contributed by atoms with E-state index in [0.29, 0.717) is 19.7 Å². The molecule has 2 rings (SSSR count). The van der Waals surface area contributed by atoms with Crippen LogP contribution in [0.4, 0.5) is 14.9 Å². The lowest BCUT2D eigenvalue weighted by molar-refractivity contribution is -0.00139. The number of nitrogens with zero attached hydrogens (tertiary/aromatic N) is 1. The van der Waals surface area contributed by atoms with Crippen LogP contribution in [-0.2, 0) is 4.74 Å². The van der Waals surface area contributed by atoms with Crippen LogP contribution in [0.15, 0.2) is 18.2 Å². The maximum atomic E-state index is 13.5. The first-order valence-electron chi connectivity index (χ1n) is 6.18. The number of rotatable bonds is 2. The highest BCUT2D eigenvalue weighted by Crippen LogP contribution is 2.19. The predicted octanol–water partition coefficient (Wildman–Crippen LogP) is 1.78. The molecule has 1 aliphatic rings. The summed E-state index contributed by atoms with van der Waals surface area (Å²) >= 11 is 0. The molecule has 0 bridgehead atoms. The number of carboxylic acids is 1. The molecule has 7 heteroatoms. The van der Waals surface area contributed by atoms with Gasteiger partial charge in [0.1, 0.15) is 11.4 Å². The van der Waals surface area contributed by atoms with E-state index >= 15 is 0 Å². The number of carbonyl (C=O) groups excluding carboxylic acids is 1. The monoisotopic (exact) mass is 282 g/mol. The standard InChI is InChI=1S/C13H15FN2O4/c1-8-7-16(5-6-20-8)13(19)15-10-4-2-3-9(14)11(10)12(17)18/h2-4,8H,5-7H2,1H3,(H,15,19)(H,17,18). The van der Waals surface area contributed by atoms with E-state index in [1.807, 2.05) is 6.92 Å². The maximum Gasteiger partial charge on any atom is 0.340 e. The van der Waals surface area contributed by atoms with E-state index in [1.54, 1.807) is 0 Å². The average Bonchev–Trinajstić information content (AvgIpc) is 2.38. The molecule has 20 heavy (non-hydrogen) atoms. The summed E-state index contributed by atoms with van der Waals surface area (Å²) in [6.07, 6.45) is -0.0825. The molecule has 0 aromatic heterocycles. The Bertz CT molecular complexity index is 535. The number of aromatic carboxylic acids is 1. The van der Waals surface area contributed by atoms with Crippen molar-refractivity contribution in [3.05, 3.63) is 29.6 Å². The number of hydrogen-bond donors (Lipinski definition) is 2. The van der Waals surface area contributed by atoms with Crippen LogP contribution >= 0.6 is 0 Å². The molecule has 1 atom stereocenters. The number of amides is 2. The fourth-order valence-corrected chi connectivity index (χ4v) is 2.04. The SMILES string of the molecule is CC1CN(C(=O)Nc2cccc(F)c2C(=O)O)CCO1. The highest BCUT2D eigenvalue weighted by molar-refractivity contribution is 6.00. The fraction of sp³-hybridized carbons (Fsp3) is 0.385. The van der Waals surface area contributed by atoms with E-state index in [9.17, 15) is 14.0 Å². The summed E-state index contributed by atoms with van der Waals surface area (Å²) in [5.74, 6) is -2.31. The second-order valence-electron chi connectivity index (χ2n) is 4.53. The summed E-state index contributed by atoms with van der Waals surface area (Å²) < 4.78 is 18.8. The lowest BCUT2D eigenvalue weighted by Crippen LogP contribution is -2.46. The zero-order valence-corrected chi connectivity index (χ0v) is 10.9. The van der Waals surface area contributed by atoms with Crippen molar-refractivity contribution in [2.75, 3.05) is 25.0 Å². The van der Waals surface area contributed by atoms with Crippen LogP contribution < -0.4 is 5.32 Å². The van der Waals surface area contributed by atoms with Crippen LogP contribution in [0.3, 0.4) is 0 Å². The lowest BCUT2D eigenvalue weighted by atomic mass is 10.1. The second kappa shape index (κ2) is 5.87. The van der Waals surface area contributed by atoms with Crippen LogP contribution in [0.1, 0.15) is 17.3 Å². The highest BCUT2D eigenvalue weighted by Gasteiger charge is 2.23. The third-order valence-electron chi connectivity index (χ3n) is 3.00. The van der Waals surface area contributed by atoms with Crippen LogP contribution in [0.2, 0.25) is 0 Å². The molecule has 0 radical (unpaired) electrons. The van der Waals surface area contributed by atoms with Gasteiger partial charge in [-0.25, -0.2) is 14.0 Å². The zero-order chi connectivity index (χ0) is 14.7. The number of benzene rings is 1. The van der Waals surface area contributed by atoms with Crippen molar-refractivity contribution < 1.29 is 23.8 Å². The van der Waals surface area contributed by atoms with Crippen LogP contribution in [0.5, 0.6) is 0 Å². The van der Waals surface area contributed by atoms with Gasteiger partial charge in [0, 0.05) is 13.1 Å². The molecule has 1 heterocycles. The lowest BCUT2D eigenvalue weighted by Gasteiger charge is -2.31. The Kier molecular flexibility index (Phi) is 4.19. The normalized spacial score (nSPS) is 18.7. The largest absolute Gasteiger partial charge is 0.478 e. The molecule has 1 fully saturated rings. The molecule has 6 nitrogen and oxygen atoms in total. The van der Waals surface area contributed by atoms with E-state index in [4.69, 9.17) is 9.84 Å². The van der Waals surface area contributed by atoms with E-state index in [1.165, 1.54) is 17.0 Å². The van der Waals surface area contributed by atoms with Gasteiger partial charge in [-0.3, -0.25) is 0 Å². The number of urea groups is 1. The molecule has 1 saturated heterocycles. The number of carboxylic acid groups (broad SMARTS) is 1. The van der Waals surface area contributed by atoms with Gasteiger partial charge in [0.25, 0.3) is 0 Å². The number of carbonyl (C=O) groups is 2. The van der Waals surface area contributed by atoms with E-state index in [0.717, 1.165) is 6.07 Å². The first kappa shape index (κ1) is 14.3. The van der Waals surface area contributed by atoms with Gasteiger partial charge < -0.3 is 20.1 Å². The molecule has 1 aromatic carbocycles. The third kappa shape index (κ3) is 3.05. The van der Waals surface area contributed by atoms with E-state index < -0.39 is 23.4 Å². The molecular formula is C13H15FN2O4. The third-order valence-corrected chi connectivity index (χ3v) is 3.00. The molecule has 0 spiro atoms. The minimum absolute atomic E-state index is 0.0540. The topological polar surface area (TPSA) is 78.9 Å². The van der Waals surface area contributed by atoms with Crippen molar-refractivity contribution in [3.8, 4) is 0 Å². The molecule has 1 aromatic rings.